The maximum atomic E-state index is 11.9. The van der Waals surface area contributed by atoms with Crippen molar-refractivity contribution in [2.75, 3.05) is 39.9 Å². The molecule has 0 aromatic rings. The number of halogens is 1. The van der Waals surface area contributed by atoms with Crippen LogP contribution in [0.5, 0.6) is 0 Å². The maximum Gasteiger partial charge on any atom is 0.319 e. The van der Waals surface area contributed by atoms with E-state index in [1.807, 2.05) is 16.0 Å². The minimum atomic E-state index is 0.127. The summed E-state index contributed by atoms with van der Waals surface area (Å²) in [5.74, 6) is 0. The van der Waals surface area contributed by atoms with Crippen LogP contribution in [0.2, 0.25) is 0 Å². The number of nitrogens with zero attached hydrogens (tertiary/aromatic N) is 2. The minimum absolute atomic E-state index is 0.127. The van der Waals surface area contributed by atoms with Crippen LogP contribution in [0.4, 0.5) is 4.79 Å². The Morgan fingerprint density at radius 3 is 2.81 bits per heavy atom. The standard InChI is InChI=1S/C11H19IN2O2/c1-13(6-4-2-3-5-12)11(15)14-7-9-16-10-8-14/h3,5H,2,4,6-10H2,1H3/b5-3-. The fraction of sp³-hybridized carbons (Fsp3) is 0.727. The number of amides is 2. The molecular weight excluding hydrogens is 319 g/mol. The highest BCUT2D eigenvalue weighted by Gasteiger charge is 2.19. The Labute approximate surface area is 111 Å². The third kappa shape index (κ3) is 4.69. The summed E-state index contributed by atoms with van der Waals surface area (Å²) in [6.45, 7) is 3.58. The molecular formula is C11H19IN2O2. The van der Waals surface area contributed by atoms with E-state index >= 15 is 0 Å². The van der Waals surface area contributed by atoms with Crippen LogP contribution < -0.4 is 0 Å². The van der Waals surface area contributed by atoms with Crippen molar-refractivity contribution in [3.05, 3.63) is 10.2 Å². The molecule has 1 saturated heterocycles. The lowest BCUT2D eigenvalue weighted by Crippen LogP contribution is -2.47. The van der Waals surface area contributed by atoms with Gasteiger partial charge in [-0.15, -0.1) is 0 Å². The average molecular weight is 338 g/mol. The number of allylic oxidation sites excluding steroid dienone is 1. The Morgan fingerprint density at radius 1 is 1.50 bits per heavy atom. The quantitative estimate of drug-likeness (QED) is 0.581. The largest absolute Gasteiger partial charge is 0.378 e. The number of rotatable bonds is 4. The first-order valence-electron chi connectivity index (χ1n) is 5.58. The second kappa shape index (κ2) is 7.89. The Morgan fingerprint density at radius 2 is 2.19 bits per heavy atom. The molecule has 92 valence electrons. The first-order chi connectivity index (χ1) is 7.75. The van der Waals surface area contributed by atoms with Crippen molar-refractivity contribution >= 4 is 28.6 Å². The van der Waals surface area contributed by atoms with E-state index in [4.69, 9.17) is 4.74 Å². The van der Waals surface area contributed by atoms with Crippen LogP contribution >= 0.6 is 22.6 Å². The predicted molar refractivity (Wildman–Crippen MR) is 72.8 cm³/mol. The van der Waals surface area contributed by atoms with Crippen LogP contribution in [-0.4, -0.2) is 55.7 Å². The van der Waals surface area contributed by atoms with Gasteiger partial charge in [-0.05, 0) is 16.9 Å². The second-order valence-corrected chi connectivity index (χ2v) is 4.53. The number of carbonyl (C=O) groups excluding carboxylic acids is 1. The molecule has 5 heteroatoms. The Kier molecular flexibility index (Phi) is 6.79. The lowest BCUT2D eigenvalue weighted by molar-refractivity contribution is 0.0453. The predicted octanol–water partition coefficient (Wildman–Crippen LogP) is 2.10. The first-order valence-corrected chi connectivity index (χ1v) is 6.83. The van der Waals surface area contributed by atoms with Crippen molar-refractivity contribution < 1.29 is 9.53 Å². The lowest BCUT2D eigenvalue weighted by Gasteiger charge is -2.31. The Balaban J connectivity index is 2.23. The van der Waals surface area contributed by atoms with E-state index in [-0.39, 0.29) is 6.03 Å². The summed E-state index contributed by atoms with van der Waals surface area (Å²) in [4.78, 5) is 15.6. The van der Waals surface area contributed by atoms with E-state index in [0.29, 0.717) is 13.2 Å². The number of ether oxygens (including phenoxy) is 1. The molecule has 16 heavy (non-hydrogen) atoms. The molecule has 0 spiro atoms. The zero-order valence-corrected chi connectivity index (χ0v) is 11.9. The smallest absolute Gasteiger partial charge is 0.319 e. The SMILES string of the molecule is CN(CCC/C=C\I)C(=O)N1CCOCC1. The molecule has 0 saturated carbocycles. The highest BCUT2D eigenvalue weighted by atomic mass is 127. The molecule has 1 heterocycles. The van der Waals surface area contributed by atoms with Crippen molar-refractivity contribution in [3.8, 4) is 0 Å². The summed E-state index contributed by atoms with van der Waals surface area (Å²) in [5.41, 5.74) is 0. The Hall–Kier alpha value is -0.300. The van der Waals surface area contributed by atoms with Gasteiger partial charge in [0.1, 0.15) is 0 Å². The Bertz CT molecular complexity index is 240. The number of hydrogen-bond donors (Lipinski definition) is 0. The number of hydrogen-bond acceptors (Lipinski definition) is 2. The van der Waals surface area contributed by atoms with E-state index in [0.717, 1.165) is 32.5 Å². The topological polar surface area (TPSA) is 32.8 Å². The van der Waals surface area contributed by atoms with Crippen molar-refractivity contribution in [1.82, 2.24) is 9.80 Å². The molecule has 1 aliphatic rings. The van der Waals surface area contributed by atoms with Crippen molar-refractivity contribution in [2.24, 2.45) is 0 Å². The third-order valence-electron chi connectivity index (χ3n) is 2.56. The molecule has 0 unspecified atom stereocenters. The van der Waals surface area contributed by atoms with E-state index in [9.17, 15) is 4.79 Å². The van der Waals surface area contributed by atoms with Gasteiger partial charge in [0.25, 0.3) is 0 Å². The van der Waals surface area contributed by atoms with E-state index in [1.165, 1.54) is 0 Å². The van der Waals surface area contributed by atoms with Gasteiger partial charge in [0, 0.05) is 26.7 Å². The fourth-order valence-corrected chi connectivity index (χ4v) is 1.96. The maximum absolute atomic E-state index is 11.9. The van der Waals surface area contributed by atoms with Gasteiger partial charge in [0.05, 0.1) is 13.2 Å². The van der Waals surface area contributed by atoms with Gasteiger partial charge in [-0.2, -0.15) is 0 Å². The van der Waals surface area contributed by atoms with Crippen molar-refractivity contribution in [2.45, 2.75) is 12.8 Å². The lowest BCUT2D eigenvalue weighted by atomic mass is 10.3. The van der Waals surface area contributed by atoms with Gasteiger partial charge in [-0.25, -0.2) is 4.79 Å². The van der Waals surface area contributed by atoms with Crippen molar-refractivity contribution in [1.29, 1.82) is 0 Å². The molecule has 0 N–H and O–H groups in total. The summed E-state index contributed by atoms with van der Waals surface area (Å²) < 4.78 is 7.24. The molecule has 1 aliphatic heterocycles. The molecule has 1 rings (SSSR count). The van der Waals surface area contributed by atoms with Crippen LogP contribution in [0, 0.1) is 0 Å². The summed E-state index contributed by atoms with van der Waals surface area (Å²) in [5, 5.41) is 0. The highest BCUT2D eigenvalue weighted by molar-refractivity contribution is 14.1. The third-order valence-corrected chi connectivity index (χ3v) is 3.07. The van der Waals surface area contributed by atoms with E-state index in [2.05, 4.69) is 28.7 Å². The van der Waals surface area contributed by atoms with E-state index in [1.54, 1.807) is 4.90 Å². The van der Waals surface area contributed by atoms with Crippen LogP contribution in [0.15, 0.2) is 10.2 Å². The summed E-state index contributed by atoms with van der Waals surface area (Å²) in [6, 6.07) is 0.127. The number of morpholine rings is 1. The highest BCUT2D eigenvalue weighted by Crippen LogP contribution is 2.03. The van der Waals surface area contributed by atoms with Gasteiger partial charge in [-0.3, -0.25) is 0 Å². The zero-order chi connectivity index (χ0) is 11.8. The number of carbonyl (C=O) groups is 1. The normalized spacial score (nSPS) is 16.8. The molecule has 0 aromatic carbocycles. The van der Waals surface area contributed by atoms with Gasteiger partial charge in [0.15, 0.2) is 0 Å². The monoisotopic (exact) mass is 338 g/mol. The number of urea groups is 1. The van der Waals surface area contributed by atoms with Crippen LogP contribution in [-0.2, 0) is 4.74 Å². The van der Waals surface area contributed by atoms with Gasteiger partial charge in [-0.1, -0.05) is 28.7 Å². The number of unbranched alkanes of at least 4 members (excludes halogenated alkanes) is 1. The fourth-order valence-electron chi connectivity index (χ4n) is 1.60. The summed E-state index contributed by atoms with van der Waals surface area (Å²) in [6.07, 6.45) is 4.17. The van der Waals surface area contributed by atoms with Gasteiger partial charge >= 0.3 is 6.03 Å². The zero-order valence-electron chi connectivity index (χ0n) is 9.69. The van der Waals surface area contributed by atoms with E-state index < -0.39 is 0 Å². The molecule has 0 atom stereocenters. The molecule has 2 amide bonds. The minimum Gasteiger partial charge on any atom is -0.378 e. The molecule has 4 nitrogen and oxygen atoms in total. The molecule has 0 radical (unpaired) electrons. The van der Waals surface area contributed by atoms with Crippen LogP contribution in [0.25, 0.3) is 0 Å². The summed E-state index contributed by atoms with van der Waals surface area (Å²) >= 11 is 2.21. The average Bonchev–Trinajstić information content (AvgIpc) is 2.34. The van der Waals surface area contributed by atoms with Gasteiger partial charge in [0.2, 0.25) is 0 Å². The molecule has 0 aromatic heterocycles. The van der Waals surface area contributed by atoms with Crippen molar-refractivity contribution in [3.63, 3.8) is 0 Å². The first kappa shape index (κ1) is 13.8. The summed E-state index contributed by atoms with van der Waals surface area (Å²) in [7, 11) is 1.87. The molecule has 0 aliphatic carbocycles. The van der Waals surface area contributed by atoms with Gasteiger partial charge < -0.3 is 14.5 Å². The second-order valence-electron chi connectivity index (χ2n) is 3.81. The molecule has 0 bridgehead atoms. The van der Waals surface area contributed by atoms with Crippen LogP contribution in [0.3, 0.4) is 0 Å². The van der Waals surface area contributed by atoms with Crippen LogP contribution in [0.1, 0.15) is 12.8 Å². The molecule has 1 fully saturated rings.